The van der Waals surface area contributed by atoms with Crippen molar-refractivity contribution < 1.29 is 18.0 Å². The summed E-state index contributed by atoms with van der Waals surface area (Å²) < 4.78 is 26.4. The van der Waals surface area contributed by atoms with Crippen molar-refractivity contribution in [2.75, 3.05) is 30.2 Å². The van der Waals surface area contributed by atoms with E-state index in [0.717, 1.165) is 33.7 Å². The van der Waals surface area contributed by atoms with E-state index in [9.17, 15) is 18.0 Å². The SMILES string of the molecule is CCCNC(=O)[C@@H](C)N(CCc1ccccc1)C(=O)CN(c1cc(C)ccc1C)S(C)(=O)=O. The van der Waals surface area contributed by atoms with Crippen molar-refractivity contribution >= 4 is 27.5 Å². The van der Waals surface area contributed by atoms with Gasteiger partial charge >= 0.3 is 0 Å². The van der Waals surface area contributed by atoms with Gasteiger partial charge in [-0.1, -0.05) is 49.4 Å². The summed E-state index contributed by atoms with van der Waals surface area (Å²) in [5.41, 5.74) is 3.15. The van der Waals surface area contributed by atoms with E-state index in [-0.39, 0.29) is 12.5 Å². The van der Waals surface area contributed by atoms with E-state index >= 15 is 0 Å². The average molecular weight is 474 g/mol. The van der Waals surface area contributed by atoms with Crippen LogP contribution in [0.5, 0.6) is 0 Å². The Labute approximate surface area is 197 Å². The topological polar surface area (TPSA) is 86.8 Å². The summed E-state index contributed by atoms with van der Waals surface area (Å²) in [5.74, 6) is -0.674. The second kappa shape index (κ2) is 11.8. The molecule has 8 heteroatoms. The Kier molecular flexibility index (Phi) is 9.46. The number of nitrogens with one attached hydrogen (secondary N) is 1. The minimum atomic E-state index is -3.73. The summed E-state index contributed by atoms with van der Waals surface area (Å²) in [6.45, 7) is 7.76. The van der Waals surface area contributed by atoms with Crippen molar-refractivity contribution in [3.63, 3.8) is 0 Å². The highest BCUT2D eigenvalue weighted by atomic mass is 32.2. The van der Waals surface area contributed by atoms with Crippen molar-refractivity contribution in [1.82, 2.24) is 10.2 Å². The molecule has 0 heterocycles. The number of sulfonamides is 1. The van der Waals surface area contributed by atoms with E-state index in [1.165, 1.54) is 4.90 Å². The molecule has 2 amide bonds. The fourth-order valence-electron chi connectivity index (χ4n) is 3.55. The standard InChI is InChI=1S/C25H35N3O4S/c1-6-15-26-25(30)21(4)27(16-14-22-10-8-7-9-11-22)24(29)18-28(33(5,31)32)23-17-19(2)12-13-20(23)3/h7-13,17,21H,6,14-16,18H2,1-5H3,(H,26,30)/t21-/m1/s1. The van der Waals surface area contributed by atoms with Gasteiger partial charge in [-0.15, -0.1) is 0 Å². The number of carbonyl (C=O) groups is 2. The predicted octanol–water partition coefficient (Wildman–Crippen LogP) is 3.06. The molecule has 0 spiro atoms. The number of hydrogen-bond donors (Lipinski definition) is 1. The van der Waals surface area contributed by atoms with Crippen LogP contribution in [0.15, 0.2) is 48.5 Å². The van der Waals surface area contributed by atoms with Gasteiger partial charge in [0.1, 0.15) is 12.6 Å². The van der Waals surface area contributed by atoms with Gasteiger partial charge in [0.25, 0.3) is 0 Å². The highest BCUT2D eigenvalue weighted by Crippen LogP contribution is 2.24. The zero-order valence-corrected chi connectivity index (χ0v) is 21.0. The number of carbonyl (C=O) groups excluding carboxylic acids is 2. The summed E-state index contributed by atoms with van der Waals surface area (Å²) in [4.78, 5) is 27.6. The normalized spacial score (nSPS) is 12.2. The molecule has 2 aromatic rings. The number of amides is 2. The molecular formula is C25H35N3O4S. The van der Waals surface area contributed by atoms with Gasteiger partial charge < -0.3 is 10.2 Å². The number of aryl methyl sites for hydroxylation is 2. The Balaban J connectivity index is 2.33. The number of benzene rings is 2. The van der Waals surface area contributed by atoms with Crippen LogP contribution >= 0.6 is 0 Å². The third-order valence-electron chi connectivity index (χ3n) is 5.51. The number of anilines is 1. The van der Waals surface area contributed by atoms with Gasteiger partial charge in [0, 0.05) is 13.1 Å². The van der Waals surface area contributed by atoms with E-state index in [1.54, 1.807) is 13.0 Å². The van der Waals surface area contributed by atoms with Crippen LogP contribution in [0.3, 0.4) is 0 Å². The number of nitrogens with zero attached hydrogens (tertiary/aromatic N) is 2. The molecule has 0 saturated heterocycles. The molecule has 0 saturated carbocycles. The molecule has 0 aliphatic rings. The van der Waals surface area contributed by atoms with Gasteiger partial charge in [0.2, 0.25) is 21.8 Å². The van der Waals surface area contributed by atoms with Crippen molar-refractivity contribution in [1.29, 1.82) is 0 Å². The molecule has 2 aromatic carbocycles. The first kappa shape index (κ1) is 26.4. The maximum atomic E-state index is 13.5. The largest absolute Gasteiger partial charge is 0.354 e. The second-order valence-corrected chi connectivity index (χ2v) is 10.3. The van der Waals surface area contributed by atoms with Crippen molar-refractivity contribution in [2.24, 2.45) is 0 Å². The van der Waals surface area contributed by atoms with Gasteiger partial charge in [-0.05, 0) is 56.4 Å². The second-order valence-electron chi connectivity index (χ2n) is 8.35. The zero-order chi connectivity index (χ0) is 24.6. The van der Waals surface area contributed by atoms with Crippen molar-refractivity contribution in [2.45, 2.75) is 46.6 Å². The van der Waals surface area contributed by atoms with Crippen LogP contribution in [-0.4, -0.2) is 57.1 Å². The Hall–Kier alpha value is -2.87. The Morgan fingerprint density at radius 1 is 1.06 bits per heavy atom. The van der Waals surface area contributed by atoms with E-state index < -0.39 is 22.0 Å². The van der Waals surface area contributed by atoms with Gasteiger partial charge in [-0.3, -0.25) is 13.9 Å². The highest BCUT2D eigenvalue weighted by Gasteiger charge is 2.30. The molecule has 2 rings (SSSR count). The lowest BCUT2D eigenvalue weighted by Gasteiger charge is -2.32. The highest BCUT2D eigenvalue weighted by molar-refractivity contribution is 7.92. The van der Waals surface area contributed by atoms with E-state index in [0.29, 0.717) is 25.2 Å². The lowest BCUT2D eigenvalue weighted by Crippen LogP contribution is -2.52. The smallest absolute Gasteiger partial charge is 0.244 e. The Morgan fingerprint density at radius 2 is 1.73 bits per heavy atom. The van der Waals surface area contributed by atoms with E-state index in [1.807, 2.05) is 63.2 Å². The first-order valence-electron chi connectivity index (χ1n) is 11.2. The first-order valence-corrected chi connectivity index (χ1v) is 13.1. The van der Waals surface area contributed by atoms with Crippen LogP contribution in [0.25, 0.3) is 0 Å². The van der Waals surface area contributed by atoms with Crippen LogP contribution in [0.4, 0.5) is 5.69 Å². The molecule has 0 radical (unpaired) electrons. The first-order chi connectivity index (χ1) is 15.5. The lowest BCUT2D eigenvalue weighted by atomic mass is 10.1. The van der Waals surface area contributed by atoms with Crippen molar-refractivity contribution in [3.8, 4) is 0 Å². The predicted molar refractivity (Wildman–Crippen MR) is 133 cm³/mol. The zero-order valence-electron chi connectivity index (χ0n) is 20.2. The Morgan fingerprint density at radius 3 is 2.33 bits per heavy atom. The molecular weight excluding hydrogens is 438 g/mol. The summed E-state index contributed by atoms with van der Waals surface area (Å²) in [6, 6.07) is 14.4. The molecule has 1 atom stereocenters. The summed E-state index contributed by atoms with van der Waals surface area (Å²) in [7, 11) is -3.73. The average Bonchev–Trinajstić information content (AvgIpc) is 2.77. The van der Waals surface area contributed by atoms with Gasteiger partial charge in [-0.25, -0.2) is 8.42 Å². The molecule has 0 aromatic heterocycles. The molecule has 0 fully saturated rings. The fourth-order valence-corrected chi connectivity index (χ4v) is 4.45. The van der Waals surface area contributed by atoms with Crippen LogP contribution in [-0.2, 0) is 26.0 Å². The van der Waals surface area contributed by atoms with Crippen LogP contribution in [0.2, 0.25) is 0 Å². The Bertz CT molecular complexity index is 1050. The van der Waals surface area contributed by atoms with Gasteiger partial charge in [-0.2, -0.15) is 0 Å². The number of hydrogen-bond acceptors (Lipinski definition) is 4. The van der Waals surface area contributed by atoms with E-state index in [2.05, 4.69) is 5.32 Å². The lowest BCUT2D eigenvalue weighted by molar-refractivity contribution is -0.138. The molecule has 33 heavy (non-hydrogen) atoms. The minimum Gasteiger partial charge on any atom is -0.354 e. The van der Waals surface area contributed by atoms with Crippen LogP contribution < -0.4 is 9.62 Å². The summed E-state index contributed by atoms with van der Waals surface area (Å²) in [6.07, 6.45) is 2.43. The molecule has 0 unspecified atom stereocenters. The monoisotopic (exact) mass is 473 g/mol. The maximum absolute atomic E-state index is 13.5. The molecule has 0 aliphatic carbocycles. The molecule has 1 N–H and O–H groups in total. The van der Waals surface area contributed by atoms with Gasteiger partial charge in [0.05, 0.1) is 11.9 Å². The molecule has 0 aliphatic heterocycles. The minimum absolute atomic E-state index is 0.254. The summed E-state index contributed by atoms with van der Waals surface area (Å²) >= 11 is 0. The third kappa shape index (κ3) is 7.60. The molecule has 0 bridgehead atoms. The number of rotatable bonds is 11. The van der Waals surface area contributed by atoms with Crippen LogP contribution in [0, 0.1) is 13.8 Å². The quantitative estimate of drug-likeness (QED) is 0.543. The van der Waals surface area contributed by atoms with Crippen LogP contribution in [0.1, 0.15) is 37.0 Å². The summed E-state index contributed by atoms with van der Waals surface area (Å²) in [5, 5.41) is 2.83. The third-order valence-corrected chi connectivity index (χ3v) is 6.64. The van der Waals surface area contributed by atoms with E-state index in [4.69, 9.17) is 0 Å². The molecule has 180 valence electrons. The maximum Gasteiger partial charge on any atom is 0.244 e. The van der Waals surface area contributed by atoms with Gasteiger partial charge in [0.15, 0.2) is 0 Å². The fraction of sp³-hybridized carbons (Fsp3) is 0.440. The van der Waals surface area contributed by atoms with Crippen molar-refractivity contribution in [3.05, 3.63) is 65.2 Å². The molecule has 7 nitrogen and oxygen atoms in total.